The number of benzene rings is 2. The Labute approximate surface area is 158 Å². The van der Waals surface area contributed by atoms with E-state index in [0.29, 0.717) is 11.4 Å². The number of anilines is 1. The van der Waals surface area contributed by atoms with E-state index < -0.39 is 11.7 Å². The van der Waals surface area contributed by atoms with Crippen LogP contribution < -0.4 is 5.32 Å². The van der Waals surface area contributed by atoms with Gasteiger partial charge in [0.1, 0.15) is 11.5 Å². The quantitative estimate of drug-likeness (QED) is 0.589. The fraction of sp³-hybridized carbons (Fsp3) is 0.0588. The summed E-state index contributed by atoms with van der Waals surface area (Å²) in [4.78, 5) is 12.5. The van der Waals surface area contributed by atoms with Gasteiger partial charge in [0.15, 0.2) is 0 Å². The molecule has 2 aromatic carbocycles. The van der Waals surface area contributed by atoms with E-state index in [-0.39, 0.29) is 26.3 Å². The minimum atomic E-state index is -0.444. The van der Waals surface area contributed by atoms with E-state index in [0.717, 1.165) is 0 Å². The Morgan fingerprint density at radius 1 is 1.12 bits per heavy atom. The maximum absolute atomic E-state index is 13.9. The standard InChI is InChI=1S/C17H11Cl3FN3O/c1-9-10(8-22-24(9)16-5-3-2-4-14(16)21)17(25)23-15-7-12(19)11(18)6-13(15)20/h2-8H,1H3,(H,23,25). The van der Waals surface area contributed by atoms with Crippen molar-refractivity contribution in [3.05, 3.63) is 74.7 Å². The Morgan fingerprint density at radius 2 is 1.80 bits per heavy atom. The van der Waals surface area contributed by atoms with Crippen molar-refractivity contribution in [3.8, 4) is 5.69 Å². The van der Waals surface area contributed by atoms with Crippen LogP contribution in [0.3, 0.4) is 0 Å². The van der Waals surface area contributed by atoms with Crippen LogP contribution in [0.4, 0.5) is 10.1 Å². The van der Waals surface area contributed by atoms with Crippen molar-refractivity contribution in [2.24, 2.45) is 0 Å². The third-order valence-corrected chi connectivity index (χ3v) is 4.63. The Hall–Kier alpha value is -2.08. The topological polar surface area (TPSA) is 46.9 Å². The molecule has 128 valence electrons. The number of para-hydroxylation sites is 1. The van der Waals surface area contributed by atoms with Gasteiger partial charge in [0, 0.05) is 0 Å². The van der Waals surface area contributed by atoms with Gasteiger partial charge in [0.25, 0.3) is 5.91 Å². The molecule has 3 rings (SSSR count). The lowest BCUT2D eigenvalue weighted by atomic mass is 10.2. The van der Waals surface area contributed by atoms with Crippen LogP contribution in [0.25, 0.3) is 5.69 Å². The van der Waals surface area contributed by atoms with Crippen LogP contribution in [0.5, 0.6) is 0 Å². The first-order valence-electron chi connectivity index (χ1n) is 7.14. The summed E-state index contributed by atoms with van der Waals surface area (Å²) in [7, 11) is 0. The monoisotopic (exact) mass is 397 g/mol. The molecule has 0 fully saturated rings. The summed E-state index contributed by atoms with van der Waals surface area (Å²) in [5.41, 5.74) is 1.34. The van der Waals surface area contributed by atoms with E-state index in [1.54, 1.807) is 25.1 Å². The number of halogens is 4. The summed E-state index contributed by atoms with van der Waals surface area (Å²) in [5.74, 6) is -0.881. The molecule has 0 aliphatic carbocycles. The number of hydrogen-bond acceptors (Lipinski definition) is 2. The zero-order chi connectivity index (χ0) is 18.1. The lowest BCUT2D eigenvalue weighted by molar-refractivity contribution is 0.102. The van der Waals surface area contributed by atoms with Crippen LogP contribution in [0.2, 0.25) is 15.1 Å². The van der Waals surface area contributed by atoms with E-state index in [9.17, 15) is 9.18 Å². The number of amides is 1. The highest BCUT2D eigenvalue weighted by Gasteiger charge is 2.18. The predicted molar refractivity (Wildman–Crippen MR) is 97.7 cm³/mol. The molecule has 1 amide bonds. The molecule has 0 saturated heterocycles. The zero-order valence-corrected chi connectivity index (χ0v) is 15.1. The first-order chi connectivity index (χ1) is 11.9. The van der Waals surface area contributed by atoms with Gasteiger partial charge in [-0.1, -0.05) is 46.9 Å². The van der Waals surface area contributed by atoms with Crippen molar-refractivity contribution in [2.45, 2.75) is 6.92 Å². The first-order valence-corrected chi connectivity index (χ1v) is 8.27. The van der Waals surface area contributed by atoms with E-state index in [4.69, 9.17) is 34.8 Å². The zero-order valence-electron chi connectivity index (χ0n) is 12.9. The van der Waals surface area contributed by atoms with Gasteiger partial charge in [-0.05, 0) is 31.2 Å². The number of carbonyl (C=O) groups is 1. The van der Waals surface area contributed by atoms with Crippen molar-refractivity contribution in [1.82, 2.24) is 9.78 Å². The molecule has 1 heterocycles. The van der Waals surface area contributed by atoms with Crippen molar-refractivity contribution in [3.63, 3.8) is 0 Å². The highest BCUT2D eigenvalue weighted by molar-refractivity contribution is 6.44. The van der Waals surface area contributed by atoms with E-state index >= 15 is 0 Å². The molecule has 8 heteroatoms. The average Bonchev–Trinajstić information content (AvgIpc) is 2.94. The third kappa shape index (κ3) is 3.49. The molecule has 0 bridgehead atoms. The second-order valence-electron chi connectivity index (χ2n) is 5.21. The van der Waals surface area contributed by atoms with E-state index in [2.05, 4.69) is 10.4 Å². The maximum atomic E-state index is 13.9. The lowest BCUT2D eigenvalue weighted by Crippen LogP contribution is -2.13. The summed E-state index contributed by atoms with van der Waals surface area (Å²) >= 11 is 17.9. The number of carbonyl (C=O) groups excluding carboxylic acids is 1. The number of nitrogens with one attached hydrogen (secondary N) is 1. The third-order valence-electron chi connectivity index (χ3n) is 3.59. The molecule has 1 N–H and O–H groups in total. The van der Waals surface area contributed by atoms with Crippen LogP contribution in [-0.2, 0) is 0 Å². The molecule has 0 radical (unpaired) electrons. The summed E-state index contributed by atoms with van der Waals surface area (Å²) < 4.78 is 15.3. The Balaban J connectivity index is 1.92. The summed E-state index contributed by atoms with van der Waals surface area (Å²) in [6.45, 7) is 1.67. The minimum Gasteiger partial charge on any atom is -0.320 e. The van der Waals surface area contributed by atoms with Crippen molar-refractivity contribution < 1.29 is 9.18 Å². The molecule has 0 saturated carbocycles. The Bertz CT molecular complexity index is 972. The van der Waals surface area contributed by atoms with Gasteiger partial charge in [-0.25, -0.2) is 9.07 Å². The summed E-state index contributed by atoms with van der Waals surface area (Å²) in [6.07, 6.45) is 1.36. The minimum absolute atomic E-state index is 0.252. The molecule has 0 spiro atoms. The van der Waals surface area contributed by atoms with Crippen LogP contribution in [0.15, 0.2) is 42.6 Å². The molecular formula is C17H11Cl3FN3O. The van der Waals surface area contributed by atoms with Gasteiger partial charge >= 0.3 is 0 Å². The lowest BCUT2D eigenvalue weighted by Gasteiger charge is -2.09. The predicted octanol–water partition coefficient (Wildman–Crippen LogP) is 5.53. The number of hydrogen-bond donors (Lipinski definition) is 1. The average molecular weight is 399 g/mol. The van der Waals surface area contributed by atoms with E-state index in [1.807, 2.05) is 0 Å². The van der Waals surface area contributed by atoms with Crippen molar-refractivity contribution in [2.75, 3.05) is 5.32 Å². The molecule has 25 heavy (non-hydrogen) atoms. The number of rotatable bonds is 3. The van der Waals surface area contributed by atoms with Gasteiger partial charge < -0.3 is 5.32 Å². The molecule has 1 aromatic heterocycles. The Morgan fingerprint density at radius 3 is 2.52 bits per heavy atom. The van der Waals surface area contributed by atoms with Gasteiger partial charge in [0.05, 0.1) is 38.2 Å². The molecule has 0 aliphatic heterocycles. The molecule has 0 unspecified atom stereocenters. The second kappa shape index (κ2) is 7.04. The van der Waals surface area contributed by atoms with Crippen molar-refractivity contribution >= 4 is 46.4 Å². The second-order valence-corrected chi connectivity index (χ2v) is 6.43. The highest BCUT2D eigenvalue weighted by atomic mass is 35.5. The van der Waals surface area contributed by atoms with Gasteiger partial charge in [-0.3, -0.25) is 4.79 Å². The number of nitrogens with zero attached hydrogens (tertiary/aromatic N) is 2. The fourth-order valence-electron chi connectivity index (χ4n) is 2.31. The largest absolute Gasteiger partial charge is 0.320 e. The van der Waals surface area contributed by atoms with Crippen LogP contribution in [0.1, 0.15) is 16.1 Å². The van der Waals surface area contributed by atoms with Crippen LogP contribution in [-0.4, -0.2) is 15.7 Å². The molecule has 3 aromatic rings. The molecule has 0 atom stereocenters. The van der Waals surface area contributed by atoms with Crippen LogP contribution in [0, 0.1) is 12.7 Å². The first kappa shape index (κ1) is 17.7. The number of aromatic nitrogens is 2. The maximum Gasteiger partial charge on any atom is 0.259 e. The SMILES string of the molecule is Cc1c(C(=O)Nc2cc(Cl)c(Cl)cc2Cl)cnn1-c1ccccc1F. The van der Waals surface area contributed by atoms with Crippen LogP contribution >= 0.6 is 34.8 Å². The smallest absolute Gasteiger partial charge is 0.259 e. The molecule has 0 aliphatic rings. The Kier molecular flexibility index (Phi) is 4.99. The molecule has 4 nitrogen and oxygen atoms in total. The summed E-state index contributed by atoms with van der Waals surface area (Å²) in [5, 5.41) is 7.55. The van der Waals surface area contributed by atoms with Gasteiger partial charge in [-0.15, -0.1) is 0 Å². The normalized spacial score (nSPS) is 10.8. The fourth-order valence-corrected chi connectivity index (χ4v) is 2.90. The highest BCUT2D eigenvalue weighted by Crippen LogP contribution is 2.32. The van der Waals surface area contributed by atoms with E-state index in [1.165, 1.54) is 29.1 Å². The summed E-state index contributed by atoms with van der Waals surface area (Å²) in [6, 6.07) is 9.07. The van der Waals surface area contributed by atoms with Gasteiger partial charge in [0.2, 0.25) is 0 Å². The molecular weight excluding hydrogens is 388 g/mol. The van der Waals surface area contributed by atoms with Crippen molar-refractivity contribution in [1.29, 1.82) is 0 Å². The van der Waals surface area contributed by atoms with Gasteiger partial charge in [-0.2, -0.15) is 5.10 Å².